The number of Topliss-reactive ketones (excluding diaryl/α,β-unsaturated/α-hetero) is 2. The van der Waals surface area contributed by atoms with Crippen LogP contribution in [-0.4, -0.2) is 64.6 Å². The molecule has 5 rings (SSSR count). The second-order valence-corrected chi connectivity index (χ2v) is 7.69. The summed E-state index contributed by atoms with van der Waals surface area (Å²) in [5, 5.41) is 16.6. The topological polar surface area (TPSA) is 114 Å². The van der Waals surface area contributed by atoms with Crippen molar-refractivity contribution < 1.29 is 19.4 Å². The molecule has 1 aromatic rings. The van der Waals surface area contributed by atoms with E-state index >= 15 is 0 Å². The number of ketones is 2. The Morgan fingerprint density at radius 2 is 2.25 bits per heavy atom. The molecule has 4 aliphatic rings. The lowest BCUT2D eigenvalue weighted by atomic mass is 9.82. The number of hydrogen-bond acceptors (Lipinski definition) is 8. The number of allylic oxidation sites excluding steroid dienone is 2. The number of carbonyl (C=O) groups is 2. The second kappa shape index (κ2) is 5.97. The van der Waals surface area contributed by atoms with E-state index in [0.29, 0.717) is 35.6 Å². The smallest absolute Gasteiger partial charge is 0.208 e. The third-order valence-electron chi connectivity index (χ3n) is 6.41. The van der Waals surface area contributed by atoms with Crippen molar-refractivity contribution >= 4 is 11.6 Å². The molecule has 3 aliphatic heterocycles. The Balaban J connectivity index is 1.51. The van der Waals surface area contributed by atoms with Crippen molar-refractivity contribution in [3.63, 3.8) is 0 Å². The molecule has 0 spiro atoms. The van der Waals surface area contributed by atoms with Gasteiger partial charge in [0.25, 0.3) is 0 Å². The van der Waals surface area contributed by atoms with Gasteiger partial charge in [-0.1, -0.05) is 6.07 Å². The molecule has 8 heteroatoms. The van der Waals surface area contributed by atoms with Crippen molar-refractivity contribution in [3.8, 4) is 0 Å². The predicted octanol–water partition coefficient (Wildman–Crippen LogP) is -0.528. The highest BCUT2D eigenvalue weighted by Gasteiger charge is 2.72. The summed E-state index contributed by atoms with van der Waals surface area (Å²) >= 11 is 0. The van der Waals surface area contributed by atoms with Crippen LogP contribution >= 0.6 is 0 Å². The fourth-order valence-corrected chi connectivity index (χ4v) is 5.05. The lowest BCUT2D eigenvalue weighted by Gasteiger charge is -2.39. The minimum Gasteiger partial charge on any atom is -0.396 e. The van der Waals surface area contributed by atoms with Gasteiger partial charge in [0.05, 0.1) is 30.0 Å². The van der Waals surface area contributed by atoms with Crippen molar-refractivity contribution in [1.82, 2.24) is 20.5 Å². The first kappa shape index (κ1) is 17.5. The summed E-state index contributed by atoms with van der Waals surface area (Å²) in [4.78, 5) is 32.6. The molecule has 0 aromatic carbocycles. The number of ether oxygens (including phenoxy) is 1. The molecule has 4 unspecified atom stereocenters. The Hall–Kier alpha value is -2.55. The maximum Gasteiger partial charge on any atom is 0.208 e. The highest BCUT2D eigenvalue weighted by atomic mass is 16.5. The first-order valence-electron chi connectivity index (χ1n) is 9.41. The van der Waals surface area contributed by atoms with Gasteiger partial charge < -0.3 is 25.4 Å². The molecule has 0 amide bonds. The maximum absolute atomic E-state index is 13.4. The number of nitrogens with one attached hydrogen (secondary N) is 2. The first-order valence-corrected chi connectivity index (χ1v) is 9.41. The number of pyridine rings is 1. The van der Waals surface area contributed by atoms with Crippen molar-refractivity contribution in [2.45, 2.75) is 31.3 Å². The molecule has 28 heavy (non-hydrogen) atoms. The molecule has 0 saturated carbocycles. The Morgan fingerprint density at radius 3 is 2.93 bits per heavy atom. The third-order valence-corrected chi connectivity index (χ3v) is 6.41. The standard InChI is InChI=1S/C20H22N4O4/c1-10-15(22-7-11-4-3-5-21-6-11)18(27)14-12(9-25)20(28-2)19-13(23-19)8-24(20)16(14)17(10)26/h3-6,12-13,19,22-23,25H,7-9H2,1-2H3. The fraction of sp³-hybridized carbons (Fsp3) is 0.450. The molecule has 1 aromatic heterocycles. The van der Waals surface area contributed by atoms with Crippen LogP contribution in [-0.2, 0) is 20.9 Å². The normalized spacial score (nSPS) is 33.2. The molecular formula is C20H22N4O4. The zero-order valence-corrected chi connectivity index (χ0v) is 15.7. The van der Waals surface area contributed by atoms with Gasteiger partial charge in [0.15, 0.2) is 5.72 Å². The van der Waals surface area contributed by atoms with E-state index < -0.39 is 11.6 Å². The maximum atomic E-state index is 13.4. The number of piperazine rings is 1. The largest absolute Gasteiger partial charge is 0.396 e. The van der Waals surface area contributed by atoms with Gasteiger partial charge >= 0.3 is 0 Å². The van der Waals surface area contributed by atoms with Gasteiger partial charge in [-0.25, -0.2) is 0 Å². The highest BCUT2D eigenvalue weighted by Crippen LogP contribution is 2.55. The van der Waals surface area contributed by atoms with Gasteiger partial charge in [0, 0.05) is 49.8 Å². The molecule has 8 nitrogen and oxygen atoms in total. The van der Waals surface area contributed by atoms with E-state index in [-0.39, 0.29) is 30.3 Å². The number of methoxy groups -OCH3 is 1. The van der Waals surface area contributed by atoms with Crippen LogP contribution in [0.25, 0.3) is 0 Å². The van der Waals surface area contributed by atoms with Crippen molar-refractivity contribution in [2.24, 2.45) is 5.92 Å². The number of rotatable bonds is 5. The zero-order chi connectivity index (χ0) is 19.6. The summed E-state index contributed by atoms with van der Waals surface area (Å²) in [5.74, 6) is -0.989. The van der Waals surface area contributed by atoms with E-state index in [0.717, 1.165) is 5.56 Å². The van der Waals surface area contributed by atoms with Crippen LogP contribution in [0.5, 0.6) is 0 Å². The van der Waals surface area contributed by atoms with Crippen LogP contribution in [0, 0.1) is 5.92 Å². The molecule has 1 aliphatic carbocycles. The number of aliphatic hydroxyl groups is 1. The number of hydrogen-bond donors (Lipinski definition) is 3. The quantitative estimate of drug-likeness (QED) is 0.460. The predicted molar refractivity (Wildman–Crippen MR) is 98.6 cm³/mol. The lowest BCUT2D eigenvalue weighted by Crippen LogP contribution is -2.54. The van der Waals surface area contributed by atoms with E-state index in [9.17, 15) is 14.7 Å². The number of aliphatic hydroxyl groups excluding tert-OH is 1. The average molecular weight is 382 g/mol. The van der Waals surface area contributed by atoms with E-state index in [1.807, 2.05) is 17.0 Å². The van der Waals surface area contributed by atoms with E-state index in [1.54, 1.807) is 26.4 Å². The van der Waals surface area contributed by atoms with Gasteiger partial charge in [-0.05, 0) is 18.6 Å². The van der Waals surface area contributed by atoms with Gasteiger partial charge in [-0.3, -0.25) is 14.6 Å². The van der Waals surface area contributed by atoms with Crippen molar-refractivity contribution in [1.29, 1.82) is 0 Å². The third kappa shape index (κ3) is 2.08. The number of nitrogens with zero attached hydrogens (tertiary/aromatic N) is 2. The average Bonchev–Trinajstić information content (AvgIpc) is 3.32. The number of aromatic nitrogens is 1. The Morgan fingerprint density at radius 1 is 1.43 bits per heavy atom. The van der Waals surface area contributed by atoms with Gasteiger partial charge in [-0.2, -0.15) is 0 Å². The molecule has 0 bridgehead atoms. The molecule has 2 saturated heterocycles. The van der Waals surface area contributed by atoms with Gasteiger partial charge in [-0.15, -0.1) is 0 Å². The second-order valence-electron chi connectivity index (χ2n) is 7.69. The minimum atomic E-state index is -0.880. The van der Waals surface area contributed by atoms with Crippen LogP contribution < -0.4 is 10.6 Å². The minimum absolute atomic E-state index is 0.00737. The van der Waals surface area contributed by atoms with E-state index in [1.165, 1.54) is 0 Å². The fourth-order valence-electron chi connectivity index (χ4n) is 5.05. The molecular weight excluding hydrogens is 360 g/mol. The van der Waals surface area contributed by atoms with Gasteiger partial charge in [0.1, 0.15) is 0 Å². The van der Waals surface area contributed by atoms with E-state index in [2.05, 4.69) is 15.6 Å². The molecule has 146 valence electrons. The number of fused-ring (bicyclic) bond motifs is 4. The van der Waals surface area contributed by atoms with Crippen molar-refractivity contribution in [2.75, 3.05) is 20.3 Å². The van der Waals surface area contributed by atoms with Gasteiger partial charge in [0.2, 0.25) is 11.6 Å². The monoisotopic (exact) mass is 382 g/mol. The first-order chi connectivity index (χ1) is 13.5. The molecule has 0 radical (unpaired) electrons. The lowest BCUT2D eigenvalue weighted by molar-refractivity contribution is -0.137. The Kier molecular flexibility index (Phi) is 3.74. The Bertz CT molecular complexity index is 941. The molecule has 2 fully saturated rings. The van der Waals surface area contributed by atoms with Crippen LogP contribution in [0.3, 0.4) is 0 Å². The van der Waals surface area contributed by atoms with Crippen molar-refractivity contribution in [3.05, 3.63) is 52.6 Å². The Labute approximate surface area is 162 Å². The molecule has 4 heterocycles. The summed E-state index contributed by atoms with van der Waals surface area (Å²) in [6.07, 6.45) is 3.39. The number of carbonyl (C=O) groups excluding carboxylic acids is 2. The van der Waals surface area contributed by atoms with E-state index in [4.69, 9.17) is 4.74 Å². The summed E-state index contributed by atoms with van der Waals surface area (Å²) in [6.45, 7) is 2.39. The molecule has 4 atom stereocenters. The van der Waals surface area contributed by atoms with Crippen LogP contribution in [0.4, 0.5) is 0 Å². The summed E-state index contributed by atoms with van der Waals surface area (Å²) in [7, 11) is 1.58. The summed E-state index contributed by atoms with van der Waals surface area (Å²) < 4.78 is 5.88. The highest BCUT2D eigenvalue weighted by molar-refractivity contribution is 6.25. The summed E-state index contributed by atoms with van der Waals surface area (Å²) in [6, 6.07) is 3.95. The zero-order valence-electron chi connectivity index (χ0n) is 15.7. The SMILES string of the molecule is COC12C(CO)C3=C(C(=O)C(C)=C(NCc4cccnc4)C3=O)N1CC1NC12. The molecule has 3 N–H and O–H groups in total. The summed E-state index contributed by atoms with van der Waals surface area (Å²) in [5.41, 5.74) is 1.47. The van der Waals surface area contributed by atoms with Crippen LogP contribution in [0.1, 0.15) is 12.5 Å². The van der Waals surface area contributed by atoms with Crippen LogP contribution in [0.15, 0.2) is 47.1 Å². The van der Waals surface area contributed by atoms with Crippen LogP contribution in [0.2, 0.25) is 0 Å².